The molecule has 0 amide bonds. The highest BCUT2D eigenvalue weighted by molar-refractivity contribution is 6.15. The van der Waals surface area contributed by atoms with Gasteiger partial charge in [0.2, 0.25) is 0 Å². The lowest BCUT2D eigenvalue weighted by atomic mass is 9.96. The van der Waals surface area contributed by atoms with Crippen LogP contribution in [0.1, 0.15) is 18.2 Å². The van der Waals surface area contributed by atoms with Gasteiger partial charge in [-0.3, -0.25) is 0 Å². The number of benzene rings is 9. The van der Waals surface area contributed by atoms with Crippen LogP contribution >= 0.6 is 0 Å². The van der Waals surface area contributed by atoms with Crippen LogP contribution < -0.4 is 0 Å². The molecule has 5 heteroatoms. The highest BCUT2D eigenvalue weighted by Gasteiger charge is 2.19. The summed E-state index contributed by atoms with van der Waals surface area (Å²) >= 11 is 0. The van der Waals surface area contributed by atoms with Crippen molar-refractivity contribution in [1.82, 2.24) is 24.9 Å². The Kier molecular flexibility index (Phi) is 9.53. The molecule has 0 bridgehead atoms. The third-order valence-corrected chi connectivity index (χ3v) is 12.7. The van der Waals surface area contributed by atoms with Crippen molar-refractivity contribution in [2.45, 2.75) is 13.8 Å². The van der Waals surface area contributed by atoms with E-state index in [2.05, 4.69) is 195 Å². The van der Waals surface area contributed by atoms with E-state index in [-0.39, 0.29) is 0 Å². The van der Waals surface area contributed by atoms with E-state index in [9.17, 15) is 0 Å². The molecule has 3 aromatic heterocycles. The maximum atomic E-state index is 5.35. The van der Waals surface area contributed by atoms with Crippen LogP contribution in [0.25, 0.3) is 128 Å². The standard InChI is InChI=1S/C61H41N5/c1-3-4-5-28-55-38(2)34-54-57(63-56-29-15-14-27-51(56)58(54)62-55)44-20-16-19-41(35-44)39-30-32-40(33-31-39)59-64-60(52-36-42-17-6-8-21-45(42)47-23-10-12-25-49(47)52)66-61(65-59)53-37-43-18-7-9-22-46(43)48-24-11-13-26-50(48)53/h3-37H,1-2H3/b4-3-,28-5-. The van der Waals surface area contributed by atoms with E-state index in [0.29, 0.717) is 17.5 Å². The van der Waals surface area contributed by atoms with Gasteiger partial charge in [-0.1, -0.05) is 176 Å². The second-order valence-corrected chi connectivity index (χ2v) is 16.8. The summed E-state index contributed by atoms with van der Waals surface area (Å²) in [6.07, 6.45) is 8.16. The average Bonchev–Trinajstić information content (AvgIpc) is 3.38. The number of hydrogen-bond donors (Lipinski definition) is 0. The number of para-hydroxylation sites is 1. The van der Waals surface area contributed by atoms with Crippen LogP contribution in [0.4, 0.5) is 0 Å². The number of pyridine rings is 2. The second-order valence-electron chi connectivity index (χ2n) is 16.8. The van der Waals surface area contributed by atoms with E-state index in [4.69, 9.17) is 24.9 Å². The Morgan fingerprint density at radius 3 is 1.53 bits per heavy atom. The van der Waals surface area contributed by atoms with Crippen LogP contribution in [0.2, 0.25) is 0 Å². The molecule has 12 aromatic rings. The minimum Gasteiger partial charge on any atom is -0.247 e. The monoisotopic (exact) mass is 843 g/mol. The van der Waals surface area contributed by atoms with Gasteiger partial charge in [-0.05, 0) is 110 Å². The molecule has 0 fully saturated rings. The zero-order valence-electron chi connectivity index (χ0n) is 36.4. The van der Waals surface area contributed by atoms with Crippen molar-refractivity contribution in [3.8, 4) is 56.5 Å². The third-order valence-electron chi connectivity index (χ3n) is 12.7. The molecule has 3 heterocycles. The maximum absolute atomic E-state index is 5.35. The molecule has 0 saturated carbocycles. The van der Waals surface area contributed by atoms with E-state index in [1.165, 1.54) is 10.8 Å². The van der Waals surface area contributed by atoms with Crippen molar-refractivity contribution in [2.75, 3.05) is 0 Å². The van der Waals surface area contributed by atoms with E-state index in [1.807, 2.05) is 31.2 Å². The second kappa shape index (κ2) is 16.2. The van der Waals surface area contributed by atoms with E-state index < -0.39 is 0 Å². The third kappa shape index (κ3) is 6.77. The maximum Gasteiger partial charge on any atom is 0.164 e. The number of rotatable bonds is 7. The fraction of sp³-hybridized carbons (Fsp3) is 0.0328. The van der Waals surface area contributed by atoms with Crippen molar-refractivity contribution < 1.29 is 0 Å². The first-order chi connectivity index (χ1) is 32.6. The molecule has 0 aliphatic carbocycles. The summed E-state index contributed by atoms with van der Waals surface area (Å²) in [6, 6.07) is 66.3. The highest BCUT2D eigenvalue weighted by Crippen LogP contribution is 2.39. The van der Waals surface area contributed by atoms with Gasteiger partial charge in [-0.15, -0.1) is 0 Å². The van der Waals surface area contributed by atoms with Gasteiger partial charge in [0.1, 0.15) is 0 Å². The number of aryl methyl sites for hydroxylation is 1. The van der Waals surface area contributed by atoms with Gasteiger partial charge >= 0.3 is 0 Å². The summed E-state index contributed by atoms with van der Waals surface area (Å²) in [5.74, 6) is 1.87. The van der Waals surface area contributed by atoms with Crippen molar-refractivity contribution in [3.05, 3.63) is 218 Å². The summed E-state index contributed by atoms with van der Waals surface area (Å²) in [7, 11) is 0. The van der Waals surface area contributed by atoms with Crippen molar-refractivity contribution >= 4 is 71.0 Å². The normalized spacial score (nSPS) is 12.0. The highest BCUT2D eigenvalue weighted by atomic mass is 15.0. The molecule has 5 nitrogen and oxygen atoms in total. The van der Waals surface area contributed by atoms with Gasteiger partial charge < -0.3 is 0 Å². The van der Waals surface area contributed by atoms with Crippen molar-refractivity contribution in [2.24, 2.45) is 0 Å². The molecule has 0 aliphatic heterocycles. The number of nitrogens with zero attached hydrogens (tertiary/aromatic N) is 5. The minimum absolute atomic E-state index is 0.611. The minimum atomic E-state index is 0.611. The summed E-state index contributed by atoms with van der Waals surface area (Å²) in [5.41, 5.74) is 10.8. The fourth-order valence-corrected chi connectivity index (χ4v) is 9.49. The predicted molar refractivity (Wildman–Crippen MR) is 276 cm³/mol. The SMILES string of the molecule is C/C=C\C=C/c1nc2c(cc1C)c(-c1cccc(-c3ccc(-c4nc(-c5cc6ccccc6c6ccccc56)nc(-c5cc6ccccc6c6ccccc56)n4)cc3)c1)nc1ccccc12. The number of fused-ring (bicyclic) bond motifs is 9. The van der Waals surface area contributed by atoms with Gasteiger partial charge in [0.05, 0.1) is 22.4 Å². The molecule has 0 saturated heterocycles. The van der Waals surface area contributed by atoms with Gasteiger partial charge in [0, 0.05) is 33.0 Å². The molecular formula is C61H41N5. The molecule has 0 unspecified atom stereocenters. The smallest absolute Gasteiger partial charge is 0.164 e. The summed E-state index contributed by atoms with van der Waals surface area (Å²) in [4.78, 5) is 26.4. The Balaban J connectivity index is 0.997. The van der Waals surface area contributed by atoms with Crippen LogP contribution in [0.15, 0.2) is 206 Å². The molecule has 9 aromatic carbocycles. The number of hydrogen-bond acceptors (Lipinski definition) is 5. The fourth-order valence-electron chi connectivity index (χ4n) is 9.49. The van der Waals surface area contributed by atoms with Crippen LogP contribution in [-0.4, -0.2) is 24.9 Å². The summed E-state index contributed by atoms with van der Waals surface area (Å²) in [5, 5.41) is 11.3. The van der Waals surface area contributed by atoms with Crippen LogP contribution in [0.5, 0.6) is 0 Å². The Hall–Kier alpha value is -8.67. The molecule has 0 radical (unpaired) electrons. The Morgan fingerprint density at radius 2 is 0.894 bits per heavy atom. The molecule has 0 N–H and O–H groups in total. The molecule has 0 spiro atoms. The predicted octanol–water partition coefficient (Wildman–Crippen LogP) is 15.8. The lowest BCUT2D eigenvalue weighted by molar-refractivity contribution is 1.08. The van der Waals surface area contributed by atoms with Gasteiger partial charge in [0.15, 0.2) is 17.5 Å². The lowest BCUT2D eigenvalue weighted by Gasteiger charge is -2.14. The average molecular weight is 844 g/mol. The molecule has 66 heavy (non-hydrogen) atoms. The van der Waals surface area contributed by atoms with Crippen LogP contribution in [0.3, 0.4) is 0 Å². The first kappa shape index (κ1) is 39.0. The molecule has 12 rings (SSSR count). The molecule has 310 valence electrons. The molecule has 0 aliphatic rings. The van der Waals surface area contributed by atoms with E-state index in [1.54, 1.807) is 0 Å². The summed E-state index contributed by atoms with van der Waals surface area (Å²) < 4.78 is 0. The van der Waals surface area contributed by atoms with Crippen LogP contribution in [0, 0.1) is 6.92 Å². The van der Waals surface area contributed by atoms with E-state index >= 15 is 0 Å². The zero-order chi connectivity index (χ0) is 44.1. The number of allylic oxidation sites excluding steroid dienone is 3. The van der Waals surface area contributed by atoms with Gasteiger partial charge in [0.25, 0.3) is 0 Å². The quantitative estimate of drug-likeness (QED) is 0.118. The zero-order valence-corrected chi connectivity index (χ0v) is 36.4. The van der Waals surface area contributed by atoms with Crippen LogP contribution in [-0.2, 0) is 0 Å². The Labute approximate surface area is 382 Å². The van der Waals surface area contributed by atoms with Crippen molar-refractivity contribution in [1.29, 1.82) is 0 Å². The first-order valence-electron chi connectivity index (χ1n) is 22.4. The molecular weight excluding hydrogens is 803 g/mol. The van der Waals surface area contributed by atoms with Gasteiger partial charge in [-0.25, -0.2) is 24.9 Å². The first-order valence-corrected chi connectivity index (χ1v) is 22.4. The van der Waals surface area contributed by atoms with Crippen molar-refractivity contribution in [3.63, 3.8) is 0 Å². The van der Waals surface area contributed by atoms with E-state index in [0.717, 1.165) is 104 Å². The largest absolute Gasteiger partial charge is 0.247 e. The molecule has 0 atom stereocenters. The lowest BCUT2D eigenvalue weighted by Crippen LogP contribution is -2.01. The summed E-state index contributed by atoms with van der Waals surface area (Å²) in [6.45, 7) is 4.13. The number of aromatic nitrogens is 5. The topological polar surface area (TPSA) is 64.5 Å². The Morgan fingerprint density at radius 1 is 0.364 bits per heavy atom. The Bertz CT molecular complexity index is 3820. The van der Waals surface area contributed by atoms with Gasteiger partial charge in [-0.2, -0.15) is 0 Å².